The second-order valence-corrected chi connectivity index (χ2v) is 3.44. The molecule has 16 heavy (non-hydrogen) atoms. The number of aliphatic carboxylic acids is 1. The van der Waals surface area contributed by atoms with Gasteiger partial charge in [-0.2, -0.15) is 0 Å². The Morgan fingerprint density at radius 2 is 2.06 bits per heavy atom. The molecule has 0 heterocycles. The molecular weight excluding hydrogens is 204 g/mol. The SMILES string of the molecule is CCC=COc1ccc(CCC(=O)O)cc1. The molecule has 0 atom stereocenters. The first-order valence-electron chi connectivity index (χ1n) is 5.34. The van der Waals surface area contributed by atoms with Crippen LogP contribution in [0.15, 0.2) is 36.6 Å². The van der Waals surface area contributed by atoms with Gasteiger partial charge in [-0.15, -0.1) is 0 Å². The molecule has 3 nitrogen and oxygen atoms in total. The lowest BCUT2D eigenvalue weighted by Gasteiger charge is -2.02. The summed E-state index contributed by atoms with van der Waals surface area (Å²) in [5.41, 5.74) is 1.01. The fourth-order valence-corrected chi connectivity index (χ4v) is 1.21. The summed E-state index contributed by atoms with van der Waals surface area (Å²) in [7, 11) is 0. The van der Waals surface area contributed by atoms with E-state index >= 15 is 0 Å². The van der Waals surface area contributed by atoms with Crippen molar-refractivity contribution in [1.29, 1.82) is 0 Å². The summed E-state index contributed by atoms with van der Waals surface area (Å²) in [6, 6.07) is 7.46. The zero-order valence-corrected chi connectivity index (χ0v) is 9.35. The smallest absolute Gasteiger partial charge is 0.303 e. The molecule has 1 rings (SSSR count). The molecule has 0 unspecified atom stereocenters. The fraction of sp³-hybridized carbons (Fsp3) is 0.308. The van der Waals surface area contributed by atoms with Gasteiger partial charge in [0.2, 0.25) is 0 Å². The lowest BCUT2D eigenvalue weighted by molar-refractivity contribution is -0.136. The number of rotatable bonds is 6. The van der Waals surface area contributed by atoms with E-state index in [0.717, 1.165) is 17.7 Å². The van der Waals surface area contributed by atoms with Gasteiger partial charge in [-0.3, -0.25) is 4.79 Å². The van der Waals surface area contributed by atoms with Gasteiger partial charge in [0.05, 0.1) is 6.26 Å². The summed E-state index contributed by atoms with van der Waals surface area (Å²) >= 11 is 0. The lowest BCUT2D eigenvalue weighted by atomic mass is 10.1. The van der Waals surface area contributed by atoms with Crippen molar-refractivity contribution in [2.75, 3.05) is 0 Å². The molecule has 0 saturated carbocycles. The maximum absolute atomic E-state index is 10.4. The van der Waals surface area contributed by atoms with Gasteiger partial charge in [-0.25, -0.2) is 0 Å². The number of hydrogen-bond donors (Lipinski definition) is 1. The van der Waals surface area contributed by atoms with Crippen LogP contribution in [0.25, 0.3) is 0 Å². The van der Waals surface area contributed by atoms with E-state index in [-0.39, 0.29) is 6.42 Å². The van der Waals surface area contributed by atoms with E-state index in [0.29, 0.717) is 6.42 Å². The van der Waals surface area contributed by atoms with E-state index in [4.69, 9.17) is 9.84 Å². The zero-order chi connectivity index (χ0) is 11.8. The Hall–Kier alpha value is -1.77. The Labute approximate surface area is 95.4 Å². The molecule has 1 N–H and O–H groups in total. The third kappa shape index (κ3) is 4.64. The van der Waals surface area contributed by atoms with Crippen molar-refractivity contribution in [1.82, 2.24) is 0 Å². The highest BCUT2D eigenvalue weighted by Gasteiger charge is 1.99. The monoisotopic (exact) mass is 220 g/mol. The van der Waals surface area contributed by atoms with Gasteiger partial charge < -0.3 is 9.84 Å². The normalized spacial score (nSPS) is 10.6. The first-order valence-corrected chi connectivity index (χ1v) is 5.34. The molecule has 1 aromatic carbocycles. The molecule has 0 radical (unpaired) electrons. The molecule has 86 valence electrons. The number of benzene rings is 1. The van der Waals surface area contributed by atoms with Crippen LogP contribution in [0, 0.1) is 0 Å². The van der Waals surface area contributed by atoms with Crippen molar-refractivity contribution in [2.24, 2.45) is 0 Å². The second-order valence-electron chi connectivity index (χ2n) is 3.44. The Bertz CT molecular complexity index is 352. The van der Waals surface area contributed by atoms with Crippen LogP contribution in [0.2, 0.25) is 0 Å². The van der Waals surface area contributed by atoms with E-state index in [2.05, 4.69) is 0 Å². The molecular formula is C13H16O3. The predicted molar refractivity (Wildman–Crippen MR) is 62.5 cm³/mol. The topological polar surface area (TPSA) is 46.5 Å². The second kappa shape index (κ2) is 6.67. The van der Waals surface area contributed by atoms with Crippen molar-refractivity contribution in [2.45, 2.75) is 26.2 Å². The van der Waals surface area contributed by atoms with E-state index in [9.17, 15) is 4.79 Å². The summed E-state index contributed by atoms with van der Waals surface area (Å²) in [5, 5.41) is 8.54. The Morgan fingerprint density at radius 1 is 1.38 bits per heavy atom. The Kier molecular flexibility index (Phi) is 5.12. The third-order valence-electron chi connectivity index (χ3n) is 2.09. The zero-order valence-electron chi connectivity index (χ0n) is 9.35. The number of carbonyl (C=O) groups is 1. The average molecular weight is 220 g/mol. The van der Waals surface area contributed by atoms with Gasteiger partial charge in [0.15, 0.2) is 0 Å². The van der Waals surface area contributed by atoms with Gasteiger partial charge in [-0.05, 0) is 36.6 Å². The number of carboxylic acids is 1. The maximum Gasteiger partial charge on any atom is 0.303 e. The van der Waals surface area contributed by atoms with E-state index < -0.39 is 5.97 Å². The van der Waals surface area contributed by atoms with Crippen molar-refractivity contribution in [3.8, 4) is 5.75 Å². The molecule has 0 aliphatic rings. The van der Waals surface area contributed by atoms with Gasteiger partial charge in [-0.1, -0.05) is 19.1 Å². The number of allylic oxidation sites excluding steroid dienone is 1. The molecule has 0 fully saturated rings. The Balaban J connectivity index is 2.47. The molecule has 0 spiro atoms. The van der Waals surface area contributed by atoms with Crippen LogP contribution in [0.3, 0.4) is 0 Å². The molecule has 0 aliphatic carbocycles. The van der Waals surface area contributed by atoms with Gasteiger partial charge in [0, 0.05) is 6.42 Å². The first kappa shape index (κ1) is 12.3. The summed E-state index contributed by atoms with van der Waals surface area (Å²) in [6.07, 6.45) is 5.25. The molecule has 0 amide bonds. The van der Waals surface area contributed by atoms with Crippen LogP contribution in [-0.4, -0.2) is 11.1 Å². The maximum atomic E-state index is 10.4. The van der Waals surface area contributed by atoms with Crippen molar-refractivity contribution in [3.63, 3.8) is 0 Å². The highest BCUT2D eigenvalue weighted by Crippen LogP contribution is 2.13. The van der Waals surface area contributed by atoms with Crippen LogP contribution in [0.4, 0.5) is 0 Å². The van der Waals surface area contributed by atoms with Crippen LogP contribution in [0.1, 0.15) is 25.3 Å². The summed E-state index contributed by atoms with van der Waals surface area (Å²) < 4.78 is 5.33. The third-order valence-corrected chi connectivity index (χ3v) is 2.09. The minimum absolute atomic E-state index is 0.163. The largest absolute Gasteiger partial charge is 0.481 e. The Morgan fingerprint density at radius 3 is 2.62 bits per heavy atom. The molecule has 1 aromatic rings. The van der Waals surface area contributed by atoms with Gasteiger partial charge in [0.25, 0.3) is 0 Å². The van der Waals surface area contributed by atoms with E-state index in [1.165, 1.54) is 0 Å². The number of hydrogen-bond acceptors (Lipinski definition) is 2. The van der Waals surface area contributed by atoms with E-state index in [1.807, 2.05) is 37.3 Å². The molecule has 0 saturated heterocycles. The molecule has 3 heteroatoms. The summed E-state index contributed by atoms with van der Waals surface area (Å²) in [6.45, 7) is 2.04. The van der Waals surface area contributed by atoms with Crippen LogP contribution in [0.5, 0.6) is 5.75 Å². The van der Waals surface area contributed by atoms with Gasteiger partial charge >= 0.3 is 5.97 Å². The average Bonchev–Trinajstić information content (AvgIpc) is 2.28. The van der Waals surface area contributed by atoms with Gasteiger partial charge in [0.1, 0.15) is 5.75 Å². The standard InChI is InChI=1S/C13H16O3/c1-2-3-10-16-12-7-4-11(5-8-12)6-9-13(14)15/h3-5,7-8,10H,2,6,9H2,1H3,(H,14,15). The minimum atomic E-state index is -0.772. The van der Waals surface area contributed by atoms with Crippen molar-refractivity contribution >= 4 is 5.97 Å². The first-order chi connectivity index (χ1) is 7.72. The molecule has 0 aliphatic heterocycles. The highest BCUT2D eigenvalue weighted by atomic mass is 16.5. The minimum Gasteiger partial charge on any atom is -0.481 e. The number of ether oxygens (including phenoxy) is 1. The number of aryl methyl sites for hydroxylation is 1. The van der Waals surface area contributed by atoms with Crippen LogP contribution in [-0.2, 0) is 11.2 Å². The quantitative estimate of drug-likeness (QED) is 0.749. The van der Waals surface area contributed by atoms with Crippen molar-refractivity contribution in [3.05, 3.63) is 42.2 Å². The summed E-state index contributed by atoms with van der Waals surface area (Å²) in [4.78, 5) is 10.4. The molecule has 0 bridgehead atoms. The van der Waals surface area contributed by atoms with Crippen LogP contribution >= 0.6 is 0 Å². The lowest BCUT2D eigenvalue weighted by Crippen LogP contribution is -1.97. The number of carboxylic acid groups (broad SMARTS) is 1. The van der Waals surface area contributed by atoms with Crippen LogP contribution < -0.4 is 4.74 Å². The van der Waals surface area contributed by atoms with E-state index in [1.54, 1.807) is 6.26 Å². The highest BCUT2D eigenvalue weighted by molar-refractivity contribution is 5.67. The molecule has 0 aromatic heterocycles. The summed E-state index contributed by atoms with van der Waals surface area (Å²) in [5.74, 6) is -0.00465. The van der Waals surface area contributed by atoms with Crippen molar-refractivity contribution < 1.29 is 14.6 Å². The predicted octanol–water partition coefficient (Wildman–Crippen LogP) is 3.01. The fourth-order valence-electron chi connectivity index (χ4n) is 1.21.